The van der Waals surface area contributed by atoms with Crippen molar-refractivity contribution in [3.8, 4) is 0 Å². The first kappa shape index (κ1) is 15.3. The van der Waals surface area contributed by atoms with Crippen molar-refractivity contribution in [2.75, 3.05) is 6.54 Å². The number of alkyl carbamates (subject to hydrolysis) is 1. The van der Waals surface area contributed by atoms with Crippen LogP contribution in [0.2, 0.25) is 0 Å². The van der Waals surface area contributed by atoms with Crippen LogP contribution in [0.3, 0.4) is 0 Å². The molecule has 0 bridgehead atoms. The first-order valence-corrected chi connectivity index (χ1v) is 6.82. The zero-order chi connectivity index (χ0) is 14.0. The average Bonchev–Trinajstić information content (AvgIpc) is 2.61. The van der Waals surface area contributed by atoms with E-state index in [9.17, 15) is 4.79 Å². The molecular weight excluding hydrogens is 228 g/mol. The van der Waals surface area contributed by atoms with Crippen LogP contribution >= 0.6 is 0 Å². The maximum absolute atomic E-state index is 11.9. The Morgan fingerprint density at radius 2 is 1.89 bits per heavy atom. The van der Waals surface area contributed by atoms with E-state index in [4.69, 9.17) is 4.74 Å². The van der Waals surface area contributed by atoms with Gasteiger partial charge in [0.25, 0.3) is 0 Å². The fraction of sp³-hybridized carbons (Fsp3) is 0.929. The van der Waals surface area contributed by atoms with Crippen molar-refractivity contribution < 1.29 is 9.53 Å². The highest BCUT2D eigenvalue weighted by Gasteiger charge is 2.35. The van der Waals surface area contributed by atoms with Crippen molar-refractivity contribution in [3.05, 3.63) is 0 Å². The SMILES string of the molecule is CC(C)(C)OC(=O)NC(C1CCCN1)C(C)(C)C. The van der Waals surface area contributed by atoms with Crippen LogP contribution in [0.25, 0.3) is 0 Å². The van der Waals surface area contributed by atoms with Gasteiger partial charge in [0.1, 0.15) is 5.60 Å². The number of carbonyl (C=O) groups excluding carboxylic acids is 1. The third kappa shape index (κ3) is 4.84. The summed E-state index contributed by atoms with van der Waals surface area (Å²) < 4.78 is 5.35. The van der Waals surface area contributed by atoms with Crippen LogP contribution in [0.4, 0.5) is 4.79 Å². The quantitative estimate of drug-likeness (QED) is 0.798. The molecule has 1 fully saturated rings. The van der Waals surface area contributed by atoms with Gasteiger partial charge in [-0.2, -0.15) is 0 Å². The molecule has 0 radical (unpaired) electrons. The predicted octanol–water partition coefficient (Wildman–Crippen LogP) is 2.68. The third-order valence-electron chi connectivity index (χ3n) is 3.11. The Kier molecular flexibility index (Phi) is 4.65. The van der Waals surface area contributed by atoms with Crippen molar-refractivity contribution in [2.24, 2.45) is 5.41 Å². The summed E-state index contributed by atoms with van der Waals surface area (Å²) in [4.78, 5) is 11.9. The molecule has 0 aromatic rings. The number of ether oxygens (including phenoxy) is 1. The molecule has 2 atom stereocenters. The molecule has 1 rings (SSSR count). The van der Waals surface area contributed by atoms with E-state index in [1.807, 2.05) is 20.8 Å². The fourth-order valence-corrected chi connectivity index (χ4v) is 2.35. The standard InChI is InChI=1S/C14H28N2O2/c1-13(2,3)11(10-8-7-9-15-10)16-12(17)18-14(4,5)6/h10-11,15H,7-9H2,1-6H3,(H,16,17). The lowest BCUT2D eigenvalue weighted by Gasteiger charge is -2.36. The first-order valence-electron chi connectivity index (χ1n) is 6.82. The highest BCUT2D eigenvalue weighted by Crippen LogP contribution is 2.26. The summed E-state index contributed by atoms with van der Waals surface area (Å²) in [5.74, 6) is 0. The molecule has 106 valence electrons. The zero-order valence-electron chi connectivity index (χ0n) is 12.6. The summed E-state index contributed by atoms with van der Waals surface area (Å²) in [7, 11) is 0. The van der Waals surface area contributed by atoms with Gasteiger partial charge >= 0.3 is 6.09 Å². The smallest absolute Gasteiger partial charge is 0.407 e. The van der Waals surface area contributed by atoms with Crippen molar-refractivity contribution in [3.63, 3.8) is 0 Å². The number of amides is 1. The molecule has 1 heterocycles. The lowest BCUT2D eigenvalue weighted by Crippen LogP contribution is -2.55. The lowest BCUT2D eigenvalue weighted by atomic mass is 9.82. The maximum Gasteiger partial charge on any atom is 0.407 e. The second kappa shape index (κ2) is 5.47. The van der Waals surface area contributed by atoms with Gasteiger partial charge in [-0.1, -0.05) is 20.8 Å². The monoisotopic (exact) mass is 256 g/mol. The molecule has 0 saturated carbocycles. The van der Waals surface area contributed by atoms with Gasteiger partial charge in [0, 0.05) is 6.04 Å². The predicted molar refractivity (Wildman–Crippen MR) is 73.6 cm³/mol. The van der Waals surface area contributed by atoms with E-state index in [0.717, 1.165) is 13.0 Å². The van der Waals surface area contributed by atoms with E-state index in [-0.39, 0.29) is 17.6 Å². The Bertz CT molecular complexity index is 283. The molecule has 0 aromatic heterocycles. The molecular formula is C14H28N2O2. The molecule has 1 amide bonds. The molecule has 1 aliphatic rings. The van der Waals surface area contributed by atoms with Crippen LogP contribution in [0.5, 0.6) is 0 Å². The van der Waals surface area contributed by atoms with Gasteiger partial charge in [0.15, 0.2) is 0 Å². The van der Waals surface area contributed by atoms with Gasteiger partial charge in [-0.3, -0.25) is 0 Å². The summed E-state index contributed by atoms with van der Waals surface area (Å²) >= 11 is 0. The van der Waals surface area contributed by atoms with Gasteiger partial charge in [-0.05, 0) is 45.6 Å². The van der Waals surface area contributed by atoms with Crippen LogP contribution in [-0.4, -0.2) is 30.3 Å². The highest BCUT2D eigenvalue weighted by atomic mass is 16.6. The van der Waals surface area contributed by atoms with Gasteiger partial charge in [0.05, 0.1) is 6.04 Å². The van der Waals surface area contributed by atoms with Crippen LogP contribution in [-0.2, 0) is 4.74 Å². The summed E-state index contributed by atoms with van der Waals surface area (Å²) in [5.41, 5.74) is -0.436. The van der Waals surface area contributed by atoms with E-state index in [2.05, 4.69) is 31.4 Å². The number of hydrogen-bond donors (Lipinski definition) is 2. The number of rotatable bonds is 2. The molecule has 0 aromatic carbocycles. The molecule has 0 aliphatic carbocycles. The van der Waals surface area contributed by atoms with Gasteiger partial charge in [0.2, 0.25) is 0 Å². The Labute approximate surface area is 111 Å². The Morgan fingerprint density at radius 1 is 1.28 bits per heavy atom. The minimum atomic E-state index is -0.449. The maximum atomic E-state index is 11.9. The Hall–Kier alpha value is -0.770. The Balaban J connectivity index is 2.64. The average molecular weight is 256 g/mol. The van der Waals surface area contributed by atoms with Crippen molar-refractivity contribution in [2.45, 2.75) is 72.1 Å². The minimum absolute atomic E-state index is 0.0128. The van der Waals surface area contributed by atoms with E-state index >= 15 is 0 Å². The molecule has 4 heteroatoms. The van der Waals surface area contributed by atoms with Gasteiger partial charge < -0.3 is 15.4 Å². The number of hydrogen-bond acceptors (Lipinski definition) is 3. The first-order chi connectivity index (χ1) is 8.09. The van der Waals surface area contributed by atoms with Crippen LogP contribution in [0, 0.1) is 5.41 Å². The summed E-state index contributed by atoms with van der Waals surface area (Å²) in [6.07, 6.45) is 1.96. The topological polar surface area (TPSA) is 50.4 Å². The lowest BCUT2D eigenvalue weighted by molar-refractivity contribution is 0.0443. The summed E-state index contributed by atoms with van der Waals surface area (Å²) in [5, 5.41) is 6.49. The second-order valence-electron chi connectivity index (χ2n) is 7.19. The number of nitrogens with one attached hydrogen (secondary N) is 2. The normalized spacial score (nSPS) is 22.7. The summed E-state index contributed by atoms with van der Waals surface area (Å²) in [6.45, 7) is 13.1. The number of carbonyl (C=O) groups is 1. The second-order valence-corrected chi connectivity index (χ2v) is 7.19. The van der Waals surface area contributed by atoms with Gasteiger partial charge in [-0.15, -0.1) is 0 Å². The fourth-order valence-electron chi connectivity index (χ4n) is 2.35. The Morgan fingerprint density at radius 3 is 2.28 bits per heavy atom. The largest absolute Gasteiger partial charge is 0.444 e. The van der Waals surface area contributed by atoms with Gasteiger partial charge in [-0.25, -0.2) is 4.79 Å². The molecule has 2 N–H and O–H groups in total. The third-order valence-corrected chi connectivity index (χ3v) is 3.11. The van der Waals surface area contributed by atoms with E-state index in [1.54, 1.807) is 0 Å². The van der Waals surface area contributed by atoms with Crippen LogP contribution < -0.4 is 10.6 Å². The molecule has 0 spiro atoms. The molecule has 4 nitrogen and oxygen atoms in total. The molecule has 2 unspecified atom stereocenters. The van der Waals surface area contributed by atoms with E-state index in [1.165, 1.54) is 6.42 Å². The van der Waals surface area contributed by atoms with Crippen molar-refractivity contribution >= 4 is 6.09 Å². The van der Waals surface area contributed by atoms with Crippen LogP contribution in [0.1, 0.15) is 54.4 Å². The van der Waals surface area contributed by atoms with Crippen molar-refractivity contribution in [1.82, 2.24) is 10.6 Å². The highest BCUT2D eigenvalue weighted by molar-refractivity contribution is 5.68. The molecule has 1 aliphatic heterocycles. The molecule has 1 saturated heterocycles. The summed E-state index contributed by atoms with van der Waals surface area (Å²) in [6, 6.07) is 0.437. The van der Waals surface area contributed by atoms with E-state index < -0.39 is 5.60 Å². The minimum Gasteiger partial charge on any atom is -0.444 e. The van der Waals surface area contributed by atoms with E-state index in [0.29, 0.717) is 6.04 Å². The molecule has 18 heavy (non-hydrogen) atoms. The zero-order valence-corrected chi connectivity index (χ0v) is 12.6. The van der Waals surface area contributed by atoms with Crippen molar-refractivity contribution in [1.29, 1.82) is 0 Å². The van der Waals surface area contributed by atoms with Crippen LogP contribution in [0.15, 0.2) is 0 Å².